The molecular formula is C9H14O4. The van der Waals surface area contributed by atoms with E-state index < -0.39 is 11.6 Å². The second-order valence-electron chi connectivity index (χ2n) is 3.34. The highest BCUT2D eigenvalue weighted by atomic mass is 16.6. The maximum absolute atomic E-state index is 11.4. The van der Waals surface area contributed by atoms with Crippen molar-refractivity contribution in [1.29, 1.82) is 0 Å². The molecule has 1 saturated heterocycles. The Kier molecular flexibility index (Phi) is 2.90. The Morgan fingerprint density at radius 1 is 1.69 bits per heavy atom. The van der Waals surface area contributed by atoms with Crippen LogP contribution in [-0.4, -0.2) is 24.1 Å². The first-order valence-electron chi connectivity index (χ1n) is 4.47. The summed E-state index contributed by atoms with van der Waals surface area (Å²) in [6, 6.07) is 0. The number of cyclic esters (lactones) is 1. The van der Waals surface area contributed by atoms with Crippen molar-refractivity contribution in [3.05, 3.63) is 0 Å². The Hall–Kier alpha value is -1.06. The predicted octanol–water partition coefficient (Wildman–Crippen LogP) is 1.04. The summed E-state index contributed by atoms with van der Waals surface area (Å²) >= 11 is 0. The molecule has 4 nitrogen and oxygen atoms in total. The summed E-state index contributed by atoms with van der Waals surface area (Å²) in [6.07, 6.45) is 1.50. The highest BCUT2D eigenvalue weighted by molar-refractivity contribution is 5.86. The van der Waals surface area contributed by atoms with Crippen LogP contribution in [0.2, 0.25) is 0 Å². The van der Waals surface area contributed by atoms with Gasteiger partial charge in [0.25, 0.3) is 0 Å². The molecule has 0 aromatic heterocycles. The topological polar surface area (TPSA) is 52.6 Å². The molecule has 0 aromatic rings. The van der Waals surface area contributed by atoms with Crippen LogP contribution in [0.1, 0.15) is 33.1 Å². The molecule has 0 amide bonds. The molecule has 0 spiro atoms. The normalized spacial score (nSPS) is 27.1. The number of esters is 2. The van der Waals surface area contributed by atoms with Gasteiger partial charge in [-0.15, -0.1) is 0 Å². The fraction of sp³-hybridized carbons (Fsp3) is 0.778. The van der Waals surface area contributed by atoms with E-state index in [4.69, 9.17) is 9.47 Å². The van der Waals surface area contributed by atoms with E-state index >= 15 is 0 Å². The first-order valence-corrected chi connectivity index (χ1v) is 4.47. The van der Waals surface area contributed by atoms with Crippen LogP contribution in [0.25, 0.3) is 0 Å². The molecule has 0 bridgehead atoms. The van der Waals surface area contributed by atoms with Gasteiger partial charge in [-0.3, -0.25) is 4.79 Å². The standard InChI is InChI=1S/C9H14O4/c1-3-6-12-8(11)9(2)5-4-7(10)13-9/h3-6H2,1-2H3/t9-/m0/s1. The van der Waals surface area contributed by atoms with Gasteiger partial charge >= 0.3 is 11.9 Å². The minimum atomic E-state index is -1.04. The summed E-state index contributed by atoms with van der Waals surface area (Å²) in [5, 5.41) is 0. The van der Waals surface area contributed by atoms with Crippen LogP contribution in [0.3, 0.4) is 0 Å². The average molecular weight is 186 g/mol. The lowest BCUT2D eigenvalue weighted by molar-refractivity contribution is -0.172. The first kappa shape index (κ1) is 10.0. The van der Waals surface area contributed by atoms with Crippen LogP contribution >= 0.6 is 0 Å². The van der Waals surface area contributed by atoms with E-state index in [1.807, 2.05) is 6.92 Å². The maximum atomic E-state index is 11.4. The Balaban J connectivity index is 2.50. The highest BCUT2D eigenvalue weighted by Gasteiger charge is 2.44. The van der Waals surface area contributed by atoms with Gasteiger partial charge in [0.1, 0.15) is 0 Å². The van der Waals surface area contributed by atoms with E-state index in [-0.39, 0.29) is 5.97 Å². The molecule has 13 heavy (non-hydrogen) atoms. The van der Waals surface area contributed by atoms with Gasteiger partial charge in [-0.25, -0.2) is 4.79 Å². The van der Waals surface area contributed by atoms with Crippen molar-refractivity contribution < 1.29 is 19.1 Å². The molecule has 0 radical (unpaired) electrons. The molecule has 0 aliphatic carbocycles. The Morgan fingerprint density at radius 3 is 2.85 bits per heavy atom. The minimum Gasteiger partial charge on any atom is -0.463 e. The zero-order chi connectivity index (χ0) is 9.90. The highest BCUT2D eigenvalue weighted by Crippen LogP contribution is 2.27. The van der Waals surface area contributed by atoms with E-state index in [2.05, 4.69) is 0 Å². The molecular weight excluding hydrogens is 172 g/mol. The molecule has 74 valence electrons. The quantitative estimate of drug-likeness (QED) is 0.618. The molecule has 1 heterocycles. The second kappa shape index (κ2) is 3.77. The summed E-state index contributed by atoms with van der Waals surface area (Å²) < 4.78 is 9.80. The Labute approximate surface area is 77.2 Å². The molecule has 1 atom stereocenters. The number of ether oxygens (including phenoxy) is 2. The fourth-order valence-corrected chi connectivity index (χ4v) is 1.19. The van der Waals surface area contributed by atoms with Gasteiger partial charge in [-0.05, 0) is 13.3 Å². The van der Waals surface area contributed by atoms with Crippen LogP contribution < -0.4 is 0 Å². The number of rotatable bonds is 3. The van der Waals surface area contributed by atoms with Crippen molar-refractivity contribution in [2.24, 2.45) is 0 Å². The molecule has 0 unspecified atom stereocenters. The van der Waals surface area contributed by atoms with Gasteiger partial charge in [0, 0.05) is 12.8 Å². The van der Waals surface area contributed by atoms with Gasteiger partial charge in [0.15, 0.2) is 0 Å². The molecule has 1 fully saturated rings. The van der Waals surface area contributed by atoms with Gasteiger partial charge in [0.2, 0.25) is 5.60 Å². The third-order valence-electron chi connectivity index (χ3n) is 2.01. The molecule has 1 aliphatic heterocycles. The fourth-order valence-electron chi connectivity index (χ4n) is 1.19. The number of carbonyl (C=O) groups is 2. The molecule has 1 rings (SSSR count). The van der Waals surface area contributed by atoms with Crippen molar-refractivity contribution in [2.45, 2.75) is 38.7 Å². The van der Waals surface area contributed by atoms with Crippen molar-refractivity contribution in [2.75, 3.05) is 6.61 Å². The summed E-state index contributed by atoms with van der Waals surface area (Å²) in [7, 11) is 0. The predicted molar refractivity (Wildman–Crippen MR) is 45.0 cm³/mol. The summed E-state index contributed by atoms with van der Waals surface area (Å²) in [4.78, 5) is 22.2. The largest absolute Gasteiger partial charge is 0.463 e. The van der Waals surface area contributed by atoms with Gasteiger partial charge in [0.05, 0.1) is 6.61 Å². The van der Waals surface area contributed by atoms with Gasteiger partial charge in [-0.2, -0.15) is 0 Å². The van der Waals surface area contributed by atoms with Crippen LogP contribution in [0.4, 0.5) is 0 Å². The van der Waals surface area contributed by atoms with Crippen LogP contribution in [0, 0.1) is 0 Å². The monoisotopic (exact) mass is 186 g/mol. The molecule has 0 N–H and O–H groups in total. The van der Waals surface area contributed by atoms with Crippen molar-refractivity contribution in [3.8, 4) is 0 Å². The third kappa shape index (κ3) is 2.20. The van der Waals surface area contributed by atoms with Crippen LogP contribution in [0.5, 0.6) is 0 Å². The van der Waals surface area contributed by atoms with E-state index in [0.717, 1.165) is 6.42 Å². The average Bonchev–Trinajstić information content (AvgIpc) is 2.43. The molecule has 1 aliphatic rings. The summed E-state index contributed by atoms with van der Waals surface area (Å²) in [5.41, 5.74) is -1.04. The maximum Gasteiger partial charge on any atom is 0.350 e. The lowest BCUT2D eigenvalue weighted by Gasteiger charge is -2.19. The van der Waals surface area contributed by atoms with Gasteiger partial charge in [-0.1, -0.05) is 6.92 Å². The van der Waals surface area contributed by atoms with Gasteiger partial charge < -0.3 is 9.47 Å². The Morgan fingerprint density at radius 2 is 2.38 bits per heavy atom. The van der Waals surface area contributed by atoms with Crippen molar-refractivity contribution in [1.82, 2.24) is 0 Å². The van der Waals surface area contributed by atoms with E-state index in [1.54, 1.807) is 6.92 Å². The van der Waals surface area contributed by atoms with E-state index in [1.165, 1.54) is 0 Å². The van der Waals surface area contributed by atoms with Crippen LogP contribution in [0.15, 0.2) is 0 Å². The first-order chi connectivity index (χ1) is 6.08. The second-order valence-corrected chi connectivity index (χ2v) is 3.34. The molecule has 0 aromatic carbocycles. The van der Waals surface area contributed by atoms with E-state index in [0.29, 0.717) is 19.4 Å². The summed E-state index contributed by atoms with van der Waals surface area (Å²) in [5.74, 6) is -0.754. The Bertz CT molecular complexity index is 224. The molecule has 0 saturated carbocycles. The minimum absolute atomic E-state index is 0.303. The van der Waals surface area contributed by atoms with Crippen molar-refractivity contribution >= 4 is 11.9 Å². The SMILES string of the molecule is CCCOC(=O)[C@]1(C)CCC(=O)O1. The number of hydrogen-bond acceptors (Lipinski definition) is 4. The van der Waals surface area contributed by atoms with E-state index in [9.17, 15) is 9.59 Å². The summed E-state index contributed by atoms with van der Waals surface area (Å²) in [6.45, 7) is 3.89. The van der Waals surface area contributed by atoms with Crippen molar-refractivity contribution in [3.63, 3.8) is 0 Å². The zero-order valence-corrected chi connectivity index (χ0v) is 7.96. The van der Waals surface area contributed by atoms with Crippen LogP contribution in [-0.2, 0) is 19.1 Å². The molecule has 4 heteroatoms. The number of hydrogen-bond donors (Lipinski definition) is 0. The lowest BCUT2D eigenvalue weighted by atomic mass is 10.0. The zero-order valence-electron chi connectivity index (χ0n) is 7.96. The smallest absolute Gasteiger partial charge is 0.350 e. The number of carbonyl (C=O) groups excluding carboxylic acids is 2. The lowest BCUT2D eigenvalue weighted by Crippen LogP contribution is -2.36. The third-order valence-corrected chi connectivity index (χ3v) is 2.01.